The van der Waals surface area contributed by atoms with Crippen LogP contribution in [0.4, 0.5) is 5.82 Å². The Morgan fingerprint density at radius 2 is 2.21 bits per heavy atom. The Morgan fingerprint density at radius 3 is 2.83 bits per heavy atom. The summed E-state index contributed by atoms with van der Waals surface area (Å²) in [5.41, 5.74) is 7.69. The molecule has 1 saturated carbocycles. The van der Waals surface area contributed by atoms with Gasteiger partial charge in [-0.05, 0) is 32.3 Å². The Hall–Kier alpha value is -2.61. The third kappa shape index (κ3) is 1.92. The van der Waals surface area contributed by atoms with E-state index < -0.39 is 5.60 Å². The fraction of sp³-hybridized carbons (Fsp3) is 0.438. The second kappa shape index (κ2) is 4.94. The van der Waals surface area contributed by atoms with E-state index in [0.717, 1.165) is 30.5 Å². The maximum absolute atomic E-state index is 12.5. The monoisotopic (exact) mass is 328 g/mol. The smallest absolute Gasteiger partial charge is 0.263 e. The summed E-state index contributed by atoms with van der Waals surface area (Å²) in [6.45, 7) is 2.42. The summed E-state index contributed by atoms with van der Waals surface area (Å²) < 4.78 is 3.30. The molecule has 4 N–H and O–H groups in total. The number of nitrogens with one attached hydrogen (secondary N) is 1. The standard InChI is InChI=1S/C16H20N6O2/c1-3-22-8-9(13-12(15(22)23)14(17)19-18-13)10-7-11(21(2)20-10)16(24)5-4-6-16/h7-8,24H,3-6H2,1-2H3,(H3,17,18,19). The first-order chi connectivity index (χ1) is 11.4. The zero-order valence-corrected chi connectivity index (χ0v) is 13.7. The zero-order valence-electron chi connectivity index (χ0n) is 13.7. The average molecular weight is 328 g/mol. The Balaban J connectivity index is 1.96. The lowest BCUT2D eigenvalue weighted by molar-refractivity contribution is -0.0456. The van der Waals surface area contributed by atoms with Gasteiger partial charge in [0.15, 0.2) is 5.82 Å². The fourth-order valence-corrected chi connectivity index (χ4v) is 3.42. The van der Waals surface area contributed by atoms with Crippen LogP contribution in [0.15, 0.2) is 17.1 Å². The molecular formula is C16H20N6O2. The lowest BCUT2D eigenvalue weighted by atomic mass is 9.77. The lowest BCUT2D eigenvalue weighted by Gasteiger charge is -2.36. The van der Waals surface area contributed by atoms with E-state index in [1.54, 1.807) is 15.4 Å². The number of aromatic nitrogens is 5. The molecule has 1 aliphatic rings. The second-order valence-electron chi connectivity index (χ2n) is 6.42. The summed E-state index contributed by atoms with van der Waals surface area (Å²) in [7, 11) is 1.82. The number of H-pyrrole nitrogens is 1. The highest BCUT2D eigenvalue weighted by atomic mass is 16.3. The van der Waals surface area contributed by atoms with E-state index in [0.29, 0.717) is 23.1 Å². The second-order valence-corrected chi connectivity index (χ2v) is 6.42. The predicted molar refractivity (Wildman–Crippen MR) is 90.4 cm³/mol. The topological polar surface area (TPSA) is 115 Å². The summed E-state index contributed by atoms with van der Waals surface area (Å²) in [5.74, 6) is 0.188. The number of nitrogens with zero attached hydrogens (tertiary/aromatic N) is 4. The van der Waals surface area contributed by atoms with Gasteiger partial charge in [-0.15, -0.1) is 0 Å². The highest BCUT2D eigenvalue weighted by molar-refractivity contribution is 5.97. The molecule has 8 nitrogen and oxygen atoms in total. The first kappa shape index (κ1) is 14.9. The quantitative estimate of drug-likeness (QED) is 0.666. The molecule has 1 aliphatic carbocycles. The van der Waals surface area contributed by atoms with E-state index in [-0.39, 0.29) is 11.4 Å². The van der Waals surface area contributed by atoms with Gasteiger partial charge in [0.1, 0.15) is 11.0 Å². The maximum Gasteiger partial charge on any atom is 0.263 e. The molecule has 4 rings (SSSR count). The molecule has 0 radical (unpaired) electrons. The molecule has 0 spiro atoms. The van der Waals surface area contributed by atoms with Crippen LogP contribution in [-0.2, 0) is 19.2 Å². The van der Waals surface area contributed by atoms with Crippen molar-refractivity contribution in [1.29, 1.82) is 0 Å². The van der Waals surface area contributed by atoms with Crippen LogP contribution in [0.1, 0.15) is 31.9 Å². The number of hydrogen-bond donors (Lipinski definition) is 3. The third-order valence-electron chi connectivity index (χ3n) is 4.98. The van der Waals surface area contributed by atoms with Gasteiger partial charge >= 0.3 is 0 Å². The summed E-state index contributed by atoms with van der Waals surface area (Å²) in [4.78, 5) is 12.5. The van der Waals surface area contributed by atoms with Crippen molar-refractivity contribution in [2.75, 3.05) is 5.73 Å². The van der Waals surface area contributed by atoms with Gasteiger partial charge in [-0.25, -0.2) is 0 Å². The number of aromatic amines is 1. The number of aliphatic hydroxyl groups is 1. The molecule has 0 atom stereocenters. The van der Waals surface area contributed by atoms with Crippen LogP contribution >= 0.6 is 0 Å². The van der Waals surface area contributed by atoms with Gasteiger partial charge in [-0.1, -0.05) is 0 Å². The number of nitrogens with two attached hydrogens (primary N) is 1. The van der Waals surface area contributed by atoms with Crippen LogP contribution in [0.25, 0.3) is 22.2 Å². The summed E-state index contributed by atoms with van der Waals surface area (Å²) >= 11 is 0. The van der Waals surface area contributed by atoms with Gasteiger partial charge in [0, 0.05) is 25.4 Å². The zero-order chi connectivity index (χ0) is 17.1. The van der Waals surface area contributed by atoms with Crippen molar-refractivity contribution in [2.45, 2.75) is 38.3 Å². The molecule has 0 aromatic carbocycles. The van der Waals surface area contributed by atoms with E-state index in [1.165, 1.54) is 0 Å². The highest BCUT2D eigenvalue weighted by Crippen LogP contribution is 2.42. The number of hydrogen-bond acceptors (Lipinski definition) is 5. The summed E-state index contributed by atoms with van der Waals surface area (Å²) in [6, 6.07) is 1.88. The Morgan fingerprint density at radius 1 is 1.46 bits per heavy atom. The molecule has 0 bridgehead atoms. The first-order valence-corrected chi connectivity index (χ1v) is 8.09. The minimum absolute atomic E-state index is 0.170. The summed E-state index contributed by atoms with van der Waals surface area (Å²) in [5, 5.41) is 22.4. The largest absolute Gasteiger partial charge is 0.384 e. The number of pyridine rings is 1. The molecule has 1 fully saturated rings. The van der Waals surface area contributed by atoms with Gasteiger partial charge in [-0.3, -0.25) is 14.6 Å². The van der Waals surface area contributed by atoms with Crippen molar-refractivity contribution in [1.82, 2.24) is 24.5 Å². The Kier molecular flexibility index (Phi) is 3.08. The minimum atomic E-state index is -0.800. The lowest BCUT2D eigenvalue weighted by Crippen LogP contribution is -2.35. The molecule has 0 aliphatic heterocycles. The SMILES string of the molecule is CCn1cc(-c2cc(C3(O)CCC3)n(C)n2)c2[nH]nc(N)c2c1=O. The molecule has 3 heterocycles. The van der Waals surface area contributed by atoms with Gasteiger partial charge < -0.3 is 15.4 Å². The van der Waals surface area contributed by atoms with Crippen molar-refractivity contribution >= 4 is 16.7 Å². The van der Waals surface area contributed by atoms with Gasteiger partial charge in [0.25, 0.3) is 5.56 Å². The molecule has 126 valence electrons. The van der Waals surface area contributed by atoms with Crippen molar-refractivity contribution in [3.05, 3.63) is 28.3 Å². The third-order valence-corrected chi connectivity index (χ3v) is 4.98. The molecule has 3 aromatic rings. The van der Waals surface area contributed by atoms with Crippen LogP contribution in [0.2, 0.25) is 0 Å². The van der Waals surface area contributed by atoms with Gasteiger partial charge in [0.05, 0.1) is 16.9 Å². The van der Waals surface area contributed by atoms with Crippen molar-refractivity contribution in [2.24, 2.45) is 7.05 Å². The molecule has 3 aromatic heterocycles. The van der Waals surface area contributed by atoms with E-state index in [1.807, 2.05) is 20.0 Å². The van der Waals surface area contributed by atoms with E-state index in [2.05, 4.69) is 15.3 Å². The van der Waals surface area contributed by atoms with Gasteiger partial charge in [0.2, 0.25) is 0 Å². The van der Waals surface area contributed by atoms with Crippen LogP contribution in [0.5, 0.6) is 0 Å². The average Bonchev–Trinajstić information content (AvgIpc) is 3.10. The van der Waals surface area contributed by atoms with Crippen molar-refractivity contribution < 1.29 is 5.11 Å². The number of fused-ring (bicyclic) bond motifs is 1. The molecule has 24 heavy (non-hydrogen) atoms. The van der Waals surface area contributed by atoms with E-state index >= 15 is 0 Å². The first-order valence-electron chi connectivity index (χ1n) is 8.09. The van der Waals surface area contributed by atoms with Crippen molar-refractivity contribution in [3.8, 4) is 11.3 Å². The number of aryl methyl sites for hydroxylation is 2. The molecular weight excluding hydrogens is 308 g/mol. The molecule has 0 unspecified atom stereocenters. The molecule has 0 saturated heterocycles. The Labute approximate surface area is 137 Å². The highest BCUT2D eigenvalue weighted by Gasteiger charge is 2.39. The Bertz CT molecular complexity index is 992. The van der Waals surface area contributed by atoms with E-state index in [4.69, 9.17) is 5.73 Å². The number of anilines is 1. The summed E-state index contributed by atoms with van der Waals surface area (Å²) in [6.07, 6.45) is 4.26. The van der Waals surface area contributed by atoms with Crippen LogP contribution in [-0.4, -0.2) is 29.7 Å². The minimum Gasteiger partial charge on any atom is -0.384 e. The van der Waals surface area contributed by atoms with Crippen molar-refractivity contribution in [3.63, 3.8) is 0 Å². The van der Waals surface area contributed by atoms with Crippen LogP contribution < -0.4 is 11.3 Å². The van der Waals surface area contributed by atoms with Gasteiger partial charge in [-0.2, -0.15) is 10.2 Å². The molecule has 8 heteroatoms. The maximum atomic E-state index is 12.5. The number of nitrogen functional groups attached to an aromatic ring is 1. The van der Waals surface area contributed by atoms with Crippen LogP contribution in [0.3, 0.4) is 0 Å². The normalized spacial score (nSPS) is 16.5. The fourth-order valence-electron chi connectivity index (χ4n) is 3.42. The van der Waals surface area contributed by atoms with Crippen LogP contribution in [0, 0.1) is 0 Å². The van der Waals surface area contributed by atoms with E-state index in [9.17, 15) is 9.90 Å². The molecule has 0 amide bonds. The number of rotatable bonds is 3. The predicted octanol–water partition coefficient (Wildman–Crippen LogP) is 1.10.